The Morgan fingerprint density at radius 2 is 1.83 bits per heavy atom. The third-order valence-corrected chi connectivity index (χ3v) is 3.96. The summed E-state index contributed by atoms with van der Waals surface area (Å²) in [6, 6.07) is 9.75. The average Bonchev–Trinajstić information content (AvgIpc) is 2.54. The van der Waals surface area contributed by atoms with Gasteiger partial charge in [-0.3, -0.25) is 0 Å². The predicted molar refractivity (Wildman–Crippen MR) is 89.3 cm³/mol. The normalized spacial score (nSPS) is 12.1. The number of rotatable bonds is 7. The van der Waals surface area contributed by atoms with Crippen LogP contribution >= 0.6 is 11.6 Å². The Hall–Kier alpha value is -1.95. The third-order valence-electron chi connectivity index (χ3n) is 3.55. The minimum Gasteiger partial charge on any atom is -0.508 e. The number of benzene rings is 2. The Morgan fingerprint density at radius 3 is 2.48 bits per heavy atom. The van der Waals surface area contributed by atoms with Crippen LogP contribution in [0.15, 0.2) is 36.4 Å². The van der Waals surface area contributed by atoms with Crippen LogP contribution in [0.3, 0.4) is 0 Å². The molecule has 0 aliphatic rings. The van der Waals surface area contributed by atoms with E-state index in [2.05, 4.69) is 5.32 Å². The smallest absolute Gasteiger partial charge is 0.179 e. The molecule has 0 radical (unpaired) electrons. The Kier molecular flexibility index (Phi) is 6.10. The second-order valence-electron chi connectivity index (χ2n) is 5.15. The molecule has 1 unspecified atom stereocenters. The first-order valence-corrected chi connectivity index (χ1v) is 7.62. The number of ether oxygens (including phenoxy) is 1. The number of hydrogen-bond donors (Lipinski definition) is 4. The van der Waals surface area contributed by atoms with E-state index in [0.717, 1.165) is 11.1 Å². The van der Waals surface area contributed by atoms with E-state index in [1.54, 1.807) is 36.4 Å². The molecule has 6 heteroatoms. The minimum absolute atomic E-state index is 0.0111. The van der Waals surface area contributed by atoms with Crippen molar-refractivity contribution in [2.24, 2.45) is 0 Å². The van der Waals surface area contributed by atoms with Crippen LogP contribution in [-0.4, -0.2) is 35.5 Å². The second-order valence-corrected chi connectivity index (χ2v) is 5.53. The zero-order valence-corrected chi connectivity index (χ0v) is 13.5. The van der Waals surface area contributed by atoms with Crippen LogP contribution in [0.1, 0.15) is 17.2 Å². The zero-order chi connectivity index (χ0) is 16.8. The number of aliphatic hydroxyl groups is 1. The van der Waals surface area contributed by atoms with Crippen molar-refractivity contribution in [3.8, 4) is 17.2 Å². The molecule has 4 N–H and O–H groups in total. The van der Waals surface area contributed by atoms with Crippen LogP contribution in [-0.2, 0) is 6.42 Å². The molecule has 0 heterocycles. The standard InChI is InChI=1S/C17H20ClNO4/c1-23-17-14(21)7-4-12(16(17)18)8-9-19-10-15(22)11-2-5-13(20)6-3-11/h2-7,15,19-22H,8-10H2,1H3. The van der Waals surface area contributed by atoms with E-state index >= 15 is 0 Å². The van der Waals surface area contributed by atoms with Gasteiger partial charge in [-0.15, -0.1) is 0 Å². The first-order chi connectivity index (χ1) is 11.0. The molecule has 124 valence electrons. The van der Waals surface area contributed by atoms with Gasteiger partial charge in [0.1, 0.15) is 5.75 Å². The van der Waals surface area contributed by atoms with Gasteiger partial charge < -0.3 is 25.4 Å². The lowest BCUT2D eigenvalue weighted by molar-refractivity contribution is 0.175. The highest BCUT2D eigenvalue weighted by molar-refractivity contribution is 6.33. The van der Waals surface area contributed by atoms with Gasteiger partial charge in [-0.05, 0) is 42.3 Å². The molecule has 0 saturated carbocycles. The quantitative estimate of drug-likeness (QED) is 0.584. The summed E-state index contributed by atoms with van der Waals surface area (Å²) in [5.41, 5.74) is 1.59. The predicted octanol–water partition coefficient (Wildman–Crippen LogP) is 2.63. The molecule has 2 rings (SSSR count). The van der Waals surface area contributed by atoms with Crippen molar-refractivity contribution in [3.05, 3.63) is 52.5 Å². The lowest BCUT2D eigenvalue weighted by Crippen LogP contribution is -2.23. The van der Waals surface area contributed by atoms with E-state index in [9.17, 15) is 15.3 Å². The molecule has 2 aromatic carbocycles. The number of phenols is 2. The van der Waals surface area contributed by atoms with E-state index in [0.29, 0.717) is 24.5 Å². The maximum absolute atomic E-state index is 10.1. The molecule has 0 aromatic heterocycles. The second kappa shape index (κ2) is 8.06. The fourth-order valence-corrected chi connectivity index (χ4v) is 2.58. The number of phenolic OH excluding ortho intramolecular Hbond substituents is 2. The summed E-state index contributed by atoms with van der Waals surface area (Å²) in [6.07, 6.45) is -0.0157. The van der Waals surface area contributed by atoms with Gasteiger partial charge in [-0.1, -0.05) is 29.8 Å². The number of aliphatic hydroxyl groups excluding tert-OH is 1. The van der Waals surface area contributed by atoms with E-state index in [4.69, 9.17) is 16.3 Å². The van der Waals surface area contributed by atoms with Crippen molar-refractivity contribution < 1.29 is 20.1 Å². The molecular weight excluding hydrogens is 318 g/mol. The molecule has 1 atom stereocenters. The summed E-state index contributed by atoms with van der Waals surface area (Å²) in [4.78, 5) is 0. The first-order valence-electron chi connectivity index (χ1n) is 7.25. The first kappa shape index (κ1) is 17.4. The van der Waals surface area contributed by atoms with Crippen LogP contribution in [0.5, 0.6) is 17.2 Å². The SMILES string of the molecule is COc1c(O)ccc(CCNCC(O)c2ccc(O)cc2)c1Cl. The van der Waals surface area contributed by atoms with E-state index in [1.807, 2.05) is 0 Å². The van der Waals surface area contributed by atoms with Crippen LogP contribution in [0.25, 0.3) is 0 Å². The van der Waals surface area contributed by atoms with Gasteiger partial charge in [-0.25, -0.2) is 0 Å². The van der Waals surface area contributed by atoms with Gasteiger partial charge in [0.05, 0.1) is 18.2 Å². The van der Waals surface area contributed by atoms with Crippen LogP contribution in [0.4, 0.5) is 0 Å². The summed E-state index contributed by atoms with van der Waals surface area (Å²) >= 11 is 6.18. The molecule has 5 nitrogen and oxygen atoms in total. The molecule has 2 aromatic rings. The summed E-state index contributed by atoms with van der Waals surface area (Å²) in [5.74, 6) is 0.454. The highest BCUT2D eigenvalue weighted by atomic mass is 35.5. The van der Waals surface area contributed by atoms with Crippen molar-refractivity contribution in [3.63, 3.8) is 0 Å². The van der Waals surface area contributed by atoms with Gasteiger partial charge in [-0.2, -0.15) is 0 Å². The highest BCUT2D eigenvalue weighted by Gasteiger charge is 2.12. The maximum atomic E-state index is 10.1. The van der Waals surface area contributed by atoms with Gasteiger partial charge >= 0.3 is 0 Å². The molecule has 0 aliphatic heterocycles. The number of nitrogens with one attached hydrogen (secondary N) is 1. The molecule has 0 bridgehead atoms. The molecule has 0 aliphatic carbocycles. The Labute approximate surface area is 140 Å². The van der Waals surface area contributed by atoms with E-state index in [-0.39, 0.29) is 17.2 Å². The largest absolute Gasteiger partial charge is 0.508 e. The Bertz CT molecular complexity index is 646. The number of halogens is 1. The van der Waals surface area contributed by atoms with Crippen molar-refractivity contribution in [1.82, 2.24) is 5.32 Å². The summed E-state index contributed by atoms with van der Waals surface area (Å²) < 4.78 is 5.07. The minimum atomic E-state index is -0.652. The maximum Gasteiger partial charge on any atom is 0.179 e. The fourth-order valence-electron chi connectivity index (χ4n) is 2.25. The van der Waals surface area contributed by atoms with Crippen molar-refractivity contribution >= 4 is 11.6 Å². The Morgan fingerprint density at radius 1 is 1.13 bits per heavy atom. The molecule has 0 spiro atoms. The van der Waals surface area contributed by atoms with Crippen molar-refractivity contribution in [2.75, 3.05) is 20.2 Å². The molecule has 0 amide bonds. The van der Waals surface area contributed by atoms with Gasteiger partial charge in [0.2, 0.25) is 0 Å². The number of hydrogen-bond acceptors (Lipinski definition) is 5. The number of aromatic hydroxyl groups is 2. The topological polar surface area (TPSA) is 82.0 Å². The van der Waals surface area contributed by atoms with Crippen LogP contribution in [0, 0.1) is 0 Å². The van der Waals surface area contributed by atoms with Crippen LogP contribution < -0.4 is 10.1 Å². The number of methoxy groups -OCH3 is 1. The van der Waals surface area contributed by atoms with E-state index in [1.165, 1.54) is 7.11 Å². The van der Waals surface area contributed by atoms with Gasteiger partial charge in [0.15, 0.2) is 11.5 Å². The van der Waals surface area contributed by atoms with Gasteiger partial charge in [0.25, 0.3) is 0 Å². The monoisotopic (exact) mass is 337 g/mol. The van der Waals surface area contributed by atoms with Crippen LogP contribution in [0.2, 0.25) is 5.02 Å². The summed E-state index contributed by atoms with van der Waals surface area (Å²) in [7, 11) is 1.46. The summed E-state index contributed by atoms with van der Waals surface area (Å²) in [6.45, 7) is 1.00. The molecule has 23 heavy (non-hydrogen) atoms. The average molecular weight is 338 g/mol. The summed E-state index contributed by atoms with van der Waals surface area (Å²) in [5, 5.41) is 32.5. The highest BCUT2D eigenvalue weighted by Crippen LogP contribution is 2.36. The zero-order valence-electron chi connectivity index (χ0n) is 12.8. The van der Waals surface area contributed by atoms with Gasteiger partial charge in [0, 0.05) is 6.54 Å². The third kappa shape index (κ3) is 4.51. The molecule has 0 fully saturated rings. The van der Waals surface area contributed by atoms with Crippen molar-refractivity contribution in [2.45, 2.75) is 12.5 Å². The Balaban J connectivity index is 1.85. The van der Waals surface area contributed by atoms with Crippen molar-refractivity contribution in [1.29, 1.82) is 0 Å². The fraction of sp³-hybridized carbons (Fsp3) is 0.294. The molecular formula is C17H20ClNO4. The molecule has 0 saturated heterocycles. The lowest BCUT2D eigenvalue weighted by Gasteiger charge is -2.13. The van der Waals surface area contributed by atoms with E-state index < -0.39 is 6.10 Å². The lowest BCUT2D eigenvalue weighted by atomic mass is 10.1.